The van der Waals surface area contributed by atoms with E-state index in [1.807, 2.05) is 57.6 Å². The van der Waals surface area contributed by atoms with Crippen molar-refractivity contribution in [2.24, 2.45) is 0 Å². The molecule has 0 aliphatic carbocycles. The van der Waals surface area contributed by atoms with Crippen LogP contribution in [0.25, 0.3) is 0 Å². The molecule has 0 amide bonds. The van der Waals surface area contributed by atoms with Crippen LogP contribution in [-0.4, -0.2) is 80.6 Å². The lowest BCUT2D eigenvalue weighted by molar-refractivity contribution is -0.887. The summed E-state index contributed by atoms with van der Waals surface area (Å²) >= 11 is 0. The van der Waals surface area contributed by atoms with Gasteiger partial charge in [0, 0.05) is 19.3 Å². The van der Waals surface area contributed by atoms with E-state index in [1.54, 1.807) is 0 Å². The molecule has 0 saturated heterocycles. The summed E-state index contributed by atoms with van der Waals surface area (Å²) in [6, 6.07) is -0.623. The Morgan fingerprint density at radius 3 is 1.63 bits per heavy atom. The van der Waals surface area contributed by atoms with Gasteiger partial charge in [-0.1, -0.05) is 138 Å². The number of quaternary nitrogens is 1. The Labute approximate surface area is 317 Å². The number of allylic oxidation sites excluding steroid dienone is 12. The van der Waals surface area contributed by atoms with Crippen LogP contribution < -0.4 is 0 Å². The van der Waals surface area contributed by atoms with Crippen molar-refractivity contribution in [2.45, 2.75) is 148 Å². The van der Waals surface area contributed by atoms with Gasteiger partial charge >= 0.3 is 17.9 Å². The van der Waals surface area contributed by atoms with Crippen LogP contribution in [0.1, 0.15) is 136 Å². The lowest BCUT2D eigenvalue weighted by atomic mass is 10.1. The Morgan fingerprint density at radius 2 is 1.08 bits per heavy atom. The summed E-state index contributed by atoms with van der Waals surface area (Å²) in [6.07, 6.45) is 42.3. The molecule has 0 radical (unpaired) electrons. The van der Waals surface area contributed by atoms with E-state index in [2.05, 4.69) is 50.3 Å². The maximum atomic E-state index is 12.6. The van der Waals surface area contributed by atoms with Gasteiger partial charge in [-0.3, -0.25) is 9.59 Å². The number of aliphatic carboxylic acids is 1. The molecule has 8 heteroatoms. The SMILES string of the molecule is CCC/C=C/C=C/C=C/C=C/C=C/CCCCCCCC(=O)OCC(COCCC(C(=O)O)[N+](C)(C)C)OC(=O)CCCCCC/C=C/CCCC. The highest BCUT2D eigenvalue weighted by atomic mass is 16.6. The highest BCUT2D eigenvalue weighted by Crippen LogP contribution is 2.12. The smallest absolute Gasteiger partial charge is 0.362 e. The molecule has 8 nitrogen and oxygen atoms in total. The van der Waals surface area contributed by atoms with E-state index >= 15 is 0 Å². The van der Waals surface area contributed by atoms with Crippen LogP contribution in [0.2, 0.25) is 0 Å². The maximum Gasteiger partial charge on any atom is 0.362 e. The first-order valence-corrected chi connectivity index (χ1v) is 20.0. The van der Waals surface area contributed by atoms with Gasteiger partial charge in [0.1, 0.15) is 6.61 Å². The molecular weight excluding hydrogens is 654 g/mol. The van der Waals surface area contributed by atoms with Crippen molar-refractivity contribution in [2.75, 3.05) is 41.0 Å². The van der Waals surface area contributed by atoms with Crippen molar-refractivity contribution in [1.82, 2.24) is 0 Å². The van der Waals surface area contributed by atoms with Crippen molar-refractivity contribution in [3.63, 3.8) is 0 Å². The van der Waals surface area contributed by atoms with Crippen LogP contribution in [-0.2, 0) is 28.6 Å². The molecule has 0 spiro atoms. The lowest BCUT2D eigenvalue weighted by Crippen LogP contribution is -2.50. The molecule has 0 heterocycles. The number of carbonyl (C=O) groups excluding carboxylic acids is 2. The lowest BCUT2D eigenvalue weighted by Gasteiger charge is -2.31. The first kappa shape index (κ1) is 48.8. The topological polar surface area (TPSA) is 99.1 Å². The van der Waals surface area contributed by atoms with Gasteiger partial charge in [0.15, 0.2) is 12.1 Å². The zero-order chi connectivity index (χ0) is 38.5. The Balaban J connectivity index is 4.44. The quantitative estimate of drug-likeness (QED) is 0.0231. The highest BCUT2D eigenvalue weighted by Gasteiger charge is 2.31. The second-order valence-corrected chi connectivity index (χ2v) is 14.3. The summed E-state index contributed by atoms with van der Waals surface area (Å²) in [6.45, 7) is 4.53. The number of carboxylic acid groups (broad SMARTS) is 1. The zero-order valence-corrected chi connectivity index (χ0v) is 33.5. The minimum absolute atomic E-state index is 0.0438. The Hall–Kier alpha value is -3.23. The normalized spacial score (nSPS) is 13.8. The number of nitrogens with zero attached hydrogens (tertiary/aromatic N) is 1. The Kier molecular flexibility index (Phi) is 32.7. The molecule has 0 rings (SSSR count). The number of esters is 2. The number of carboxylic acids is 1. The maximum absolute atomic E-state index is 12.6. The van der Waals surface area contributed by atoms with Gasteiger partial charge in [0.05, 0.1) is 34.4 Å². The third kappa shape index (κ3) is 32.7. The van der Waals surface area contributed by atoms with Crippen LogP contribution in [0, 0.1) is 0 Å². The molecule has 0 aromatic carbocycles. The van der Waals surface area contributed by atoms with Gasteiger partial charge in [0.2, 0.25) is 0 Å². The molecule has 0 aliphatic heterocycles. The van der Waals surface area contributed by atoms with Crippen molar-refractivity contribution in [1.29, 1.82) is 0 Å². The Bertz CT molecular complexity index is 1080. The van der Waals surface area contributed by atoms with Gasteiger partial charge in [-0.2, -0.15) is 0 Å². The van der Waals surface area contributed by atoms with E-state index in [9.17, 15) is 19.5 Å². The van der Waals surface area contributed by atoms with Gasteiger partial charge in [-0.05, 0) is 51.4 Å². The van der Waals surface area contributed by atoms with Crippen molar-refractivity contribution in [3.8, 4) is 0 Å². The first-order chi connectivity index (χ1) is 25.1. The van der Waals surface area contributed by atoms with E-state index in [1.165, 1.54) is 19.3 Å². The number of rotatable bonds is 34. The van der Waals surface area contributed by atoms with Gasteiger partial charge in [0.25, 0.3) is 0 Å². The molecule has 2 unspecified atom stereocenters. The molecule has 0 saturated carbocycles. The molecule has 296 valence electrons. The summed E-state index contributed by atoms with van der Waals surface area (Å²) in [7, 11) is 5.49. The van der Waals surface area contributed by atoms with Crippen LogP contribution in [0.4, 0.5) is 0 Å². The average Bonchev–Trinajstić information content (AvgIpc) is 3.09. The number of hydrogen-bond donors (Lipinski definition) is 1. The van der Waals surface area contributed by atoms with Crippen molar-refractivity contribution in [3.05, 3.63) is 72.9 Å². The van der Waals surface area contributed by atoms with E-state index in [0.717, 1.165) is 83.5 Å². The van der Waals surface area contributed by atoms with Crippen molar-refractivity contribution < 1.29 is 38.2 Å². The summed E-state index contributed by atoms with van der Waals surface area (Å²) in [5.74, 6) is -1.53. The molecule has 0 bridgehead atoms. The van der Waals surface area contributed by atoms with E-state index in [0.29, 0.717) is 19.3 Å². The second kappa shape index (κ2) is 34.8. The standard InChI is InChI=1S/C44H73NO7/c1-6-8-10-12-14-16-18-19-20-21-22-23-24-25-27-28-30-32-34-42(46)51-39-40(38-50-37-36-41(44(48)49)45(3,4)5)52-43(47)35-33-31-29-26-17-15-13-11-9-7-2/h10,12-16,18-23,40-41H,6-9,11,17,24-39H2,1-5H3/p+1/b12-10+,15-13+,16-14+,19-18+,21-20+,23-22+. The van der Waals surface area contributed by atoms with Crippen LogP contribution >= 0.6 is 0 Å². The van der Waals surface area contributed by atoms with Gasteiger partial charge < -0.3 is 23.8 Å². The number of hydrogen-bond acceptors (Lipinski definition) is 6. The van der Waals surface area contributed by atoms with Crippen LogP contribution in [0.15, 0.2) is 72.9 Å². The monoisotopic (exact) mass is 729 g/mol. The summed E-state index contributed by atoms with van der Waals surface area (Å²) in [5.41, 5.74) is 0. The van der Waals surface area contributed by atoms with Crippen LogP contribution in [0.5, 0.6) is 0 Å². The highest BCUT2D eigenvalue weighted by molar-refractivity contribution is 5.72. The van der Waals surface area contributed by atoms with E-state index in [-0.39, 0.29) is 36.2 Å². The fraction of sp³-hybridized carbons (Fsp3) is 0.659. The zero-order valence-electron chi connectivity index (χ0n) is 33.5. The molecule has 0 aromatic heterocycles. The number of likely N-dealkylation sites (N-methyl/N-ethyl adjacent to an activating group) is 1. The summed E-state index contributed by atoms with van der Waals surface area (Å²) in [4.78, 5) is 36.8. The summed E-state index contributed by atoms with van der Waals surface area (Å²) in [5, 5.41) is 9.58. The number of ether oxygens (including phenoxy) is 3. The third-order valence-corrected chi connectivity index (χ3v) is 8.44. The molecule has 2 atom stereocenters. The molecule has 0 aromatic rings. The largest absolute Gasteiger partial charge is 0.477 e. The molecule has 52 heavy (non-hydrogen) atoms. The second-order valence-electron chi connectivity index (χ2n) is 14.3. The Morgan fingerprint density at radius 1 is 0.577 bits per heavy atom. The van der Waals surface area contributed by atoms with Crippen LogP contribution in [0.3, 0.4) is 0 Å². The molecular formula is C44H74NO7+. The van der Waals surface area contributed by atoms with Crippen molar-refractivity contribution >= 4 is 17.9 Å². The number of unbranched alkanes of at least 4 members (excludes halogenated alkanes) is 12. The molecule has 1 N–H and O–H groups in total. The average molecular weight is 729 g/mol. The first-order valence-electron chi connectivity index (χ1n) is 20.0. The minimum atomic E-state index is -0.885. The van der Waals surface area contributed by atoms with Gasteiger partial charge in [-0.25, -0.2) is 4.79 Å². The number of carbonyl (C=O) groups is 3. The fourth-order valence-electron chi connectivity index (χ4n) is 5.28. The molecule has 0 aliphatic rings. The minimum Gasteiger partial charge on any atom is -0.477 e. The fourth-order valence-corrected chi connectivity index (χ4v) is 5.28. The van der Waals surface area contributed by atoms with Gasteiger partial charge in [-0.15, -0.1) is 0 Å². The summed E-state index contributed by atoms with van der Waals surface area (Å²) < 4.78 is 17.2. The van der Waals surface area contributed by atoms with E-state index in [4.69, 9.17) is 14.2 Å². The molecule has 0 fully saturated rings. The van der Waals surface area contributed by atoms with E-state index < -0.39 is 18.1 Å². The predicted octanol–water partition coefficient (Wildman–Crippen LogP) is 10.4. The predicted molar refractivity (Wildman–Crippen MR) is 215 cm³/mol. The third-order valence-electron chi connectivity index (χ3n) is 8.44.